The molecule has 76 valence electrons. The molecule has 0 bridgehead atoms. The first-order chi connectivity index (χ1) is 6.43. The number of rotatable bonds is 1. The van der Waals surface area contributed by atoms with Crippen LogP contribution in [-0.4, -0.2) is 5.91 Å². The Bertz CT molecular complexity index is 390. The van der Waals surface area contributed by atoms with Crippen LogP contribution in [0.1, 0.15) is 12.5 Å². The molecule has 1 rings (SSSR count). The molecule has 0 aliphatic carbocycles. The van der Waals surface area contributed by atoms with E-state index in [0.29, 0.717) is 10.7 Å². The summed E-state index contributed by atoms with van der Waals surface area (Å²) in [5.74, 6) is -0.201. The Hall–Kier alpha value is -0.440. The molecule has 14 heavy (non-hydrogen) atoms. The fraction of sp³-hybridized carbons (Fsp3) is 0.222. The van der Waals surface area contributed by atoms with Crippen LogP contribution in [0.25, 0.3) is 0 Å². The van der Waals surface area contributed by atoms with E-state index in [-0.39, 0.29) is 16.0 Å². The van der Waals surface area contributed by atoms with Gasteiger partial charge in [-0.3, -0.25) is 4.79 Å². The number of carbonyl (C=O) groups excluding carboxylic acids is 1. The van der Waals surface area contributed by atoms with Crippen molar-refractivity contribution < 1.29 is 4.79 Å². The van der Waals surface area contributed by atoms with Crippen molar-refractivity contribution in [2.45, 2.75) is 13.8 Å². The van der Waals surface area contributed by atoms with Crippen LogP contribution in [0.3, 0.4) is 0 Å². The Kier molecular flexibility index (Phi) is 3.65. The first-order valence-electron chi connectivity index (χ1n) is 3.85. The lowest BCUT2D eigenvalue weighted by molar-refractivity contribution is -0.114. The van der Waals surface area contributed by atoms with Gasteiger partial charge in [-0.05, 0) is 18.6 Å². The van der Waals surface area contributed by atoms with Gasteiger partial charge in [0.2, 0.25) is 5.91 Å². The molecule has 0 radical (unpaired) electrons. The first kappa shape index (κ1) is 11.6. The van der Waals surface area contributed by atoms with E-state index in [1.807, 2.05) is 0 Å². The maximum Gasteiger partial charge on any atom is 0.221 e. The summed E-state index contributed by atoms with van der Waals surface area (Å²) in [6, 6.07) is 1.65. The number of anilines is 1. The second-order valence-electron chi connectivity index (χ2n) is 2.86. The first-order valence-corrected chi connectivity index (χ1v) is 4.98. The number of carbonyl (C=O) groups is 1. The van der Waals surface area contributed by atoms with Crippen molar-refractivity contribution in [1.82, 2.24) is 0 Å². The maximum atomic E-state index is 10.9. The highest BCUT2D eigenvalue weighted by molar-refractivity contribution is 6.49. The van der Waals surface area contributed by atoms with E-state index in [2.05, 4.69) is 5.32 Å². The van der Waals surface area contributed by atoms with E-state index >= 15 is 0 Å². The van der Waals surface area contributed by atoms with E-state index in [1.54, 1.807) is 13.0 Å². The predicted molar refractivity (Wildman–Crippen MR) is 60.5 cm³/mol. The summed E-state index contributed by atoms with van der Waals surface area (Å²) in [7, 11) is 0. The van der Waals surface area contributed by atoms with Crippen LogP contribution in [0.4, 0.5) is 5.69 Å². The van der Waals surface area contributed by atoms with Crippen LogP contribution in [0, 0.1) is 6.92 Å². The van der Waals surface area contributed by atoms with Gasteiger partial charge in [-0.15, -0.1) is 0 Å². The van der Waals surface area contributed by atoms with E-state index in [0.717, 1.165) is 5.56 Å². The lowest BCUT2D eigenvalue weighted by Gasteiger charge is -2.11. The molecule has 0 aromatic heterocycles. The number of nitrogens with one attached hydrogen (secondary N) is 1. The highest BCUT2D eigenvalue weighted by Gasteiger charge is 2.12. The zero-order valence-electron chi connectivity index (χ0n) is 7.62. The molecule has 0 heterocycles. The quantitative estimate of drug-likeness (QED) is 0.754. The van der Waals surface area contributed by atoms with Gasteiger partial charge >= 0.3 is 0 Å². The van der Waals surface area contributed by atoms with Crippen LogP contribution < -0.4 is 5.32 Å². The highest BCUT2D eigenvalue weighted by Crippen LogP contribution is 2.38. The molecule has 0 fully saturated rings. The van der Waals surface area contributed by atoms with Crippen LogP contribution in [-0.2, 0) is 4.79 Å². The molecule has 0 saturated carbocycles. The van der Waals surface area contributed by atoms with Crippen molar-refractivity contribution in [3.63, 3.8) is 0 Å². The average Bonchev–Trinajstić information content (AvgIpc) is 2.09. The number of benzene rings is 1. The van der Waals surface area contributed by atoms with Gasteiger partial charge in [0.15, 0.2) is 0 Å². The van der Waals surface area contributed by atoms with Gasteiger partial charge in [0.25, 0.3) is 0 Å². The molecule has 0 spiro atoms. The predicted octanol–water partition coefficient (Wildman–Crippen LogP) is 3.91. The third-order valence-corrected chi connectivity index (χ3v) is 2.92. The minimum absolute atomic E-state index is 0.201. The van der Waals surface area contributed by atoms with Crippen LogP contribution in [0.5, 0.6) is 0 Å². The highest BCUT2D eigenvalue weighted by atomic mass is 35.5. The summed E-state index contributed by atoms with van der Waals surface area (Å²) in [5, 5.41) is 3.50. The number of halogens is 3. The smallest absolute Gasteiger partial charge is 0.221 e. The van der Waals surface area contributed by atoms with Crippen LogP contribution in [0.2, 0.25) is 15.1 Å². The summed E-state index contributed by atoms with van der Waals surface area (Å²) >= 11 is 17.5. The lowest BCUT2D eigenvalue weighted by atomic mass is 10.2. The summed E-state index contributed by atoms with van der Waals surface area (Å²) < 4.78 is 0. The Morgan fingerprint density at radius 1 is 1.29 bits per heavy atom. The molecule has 1 aromatic rings. The van der Waals surface area contributed by atoms with E-state index in [1.165, 1.54) is 6.92 Å². The third kappa shape index (κ3) is 2.32. The van der Waals surface area contributed by atoms with Gasteiger partial charge in [-0.1, -0.05) is 34.8 Å². The molecule has 2 nitrogen and oxygen atoms in total. The Labute approximate surface area is 97.1 Å². The van der Waals surface area contributed by atoms with E-state index < -0.39 is 0 Å². The SMILES string of the molecule is CC(=O)Nc1c(C)cc(Cl)c(Cl)c1Cl. The number of hydrogen-bond acceptors (Lipinski definition) is 1. The Morgan fingerprint density at radius 3 is 2.36 bits per heavy atom. The molecular formula is C9H8Cl3NO. The van der Waals surface area contributed by atoms with E-state index in [4.69, 9.17) is 34.8 Å². The van der Waals surface area contributed by atoms with Gasteiger partial charge in [0.05, 0.1) is 20.8 Å². The molecule has 1 N–H and O–H groups in total. The summed E-state index contributed by atoms with van der Waals surface area (Å²) in [5.41, 5.74) is 1.29. The molecule has 0 aliphatic heterocycles. The molecule has 1 amide bonds. The van der Waals surface area contributed by atoms with E-state index in [9.17, 15) is 4.79 Å². The van der Waals surface area contributed by atoms with Crippen molar-refractivity contribution in [2.24, 2.45) is 0 Å². The number of amides is 1. The maximum absolute atomic E-state index is 10.9. The Morgan fingerprint density at radius 2 is 1.86 bits per heavy atom. The van der Waals surface area contributed by atoms with Gasteiger partial charge in [0.1, 0.15) is 0 Å². The van der Waals surface area contributed by atoms with Crippen molar-refractivity contribution in [3.05, 3.63) is 26.7 Å². The zero-order valence-corrected chi connectivity index (χ0v) is 9.89. The van der Waals surface area contributed by atoms with Gasteiger partial charge < -0.3 is 5.32 Å². The average molecular weight is 253 g/mol. The standard InChI is InChI=1S/C9H8Cl3NO/c1-4-3-6(10)7(11)8(12)9(4)13-5(2)14/h3H,1-2H3,(H,13,14). The molecule has 0 atom stereocenters. The fourth-order valence-electron chi connectivity index (χ4n) is 1.04. The van der Waals surface area contributed by atoms with Gasteiger partial charge in [-0.25, -0.2) is 0 Å². The van der Waals surface area contributed by atoms with Crippen molar-refractivity contribution in [2.75, 3.05) is 5.32 Å². The largest absolute Gasteiger partial charge is 0.325 e. The molecule has 5 heteroatoms. The number of aryl methyl sites for hydroxylation is 1. The molecule has 0 unspecified atom stereocenters. The van der Waals surface area contributed by atoms with Gasteiger partial charge in [-0.2, -0.15) is 0 Å². The zero-order chi connectivity index (χ0) is 10.9. The summed E-state index contributed by atoms with van der Waals surface area (Å²) in [6.07, 6.45) is 0. The van der Waals surface area contributed by atoms with Crippen molar-refractivity contribution in [3.8, 4) is 0 Å². The second kappa shape index (κ2) is 4.39. The van der Waals surface area contributed by atoms with Crippen molar-refractivity contribution in [1.29, 1.82) is 0 Å². The lowest BCUT2D eigenvalue weighted by Crippen LogP contribution is -2.07. The topological polar surface area (TPSA) is 29.1 Å². The normalized spacial score (nSPS) is 10.1. The fourth-order valence-corrected chi connectivity index (χ4v) is 1.80. The Balaban J connectivity index is 3.29. The number of hydrogen-bond donors (Lipinski definition) is 1. The third-order valence-electron chi connectivity index (χ3n) is 1.66. The summed E-state index contributed by atoms with van der Waals surface area (Å²) in [4.78, 5) is 10.9. The molecule has 1 aromatic carbocycles. The van der Waals surface area contributed by atoms with Gasteiger partial charge in [0, 0.05) is 6.92 Å². The minimum Gasteiger partial charge on any atom is -0.325 e. The molecule has 0 saturated heterocycles. The summed E-state index contributed by atoms with van der Waals surface area (Å²) in [6.45, 7) is 3.19. The van der Waals surface area contributed by atoms with Crippen LogP contribution >= 0.6 is 34.8 Å². The molecular weight excluding hydrogens is 244 g/mol. The second-order valence-corrected chi connectivity index (χ2v) is 4.02. The molecule has 0 aliphatic rings. The van der Waals surface area contributed by atoms with Crippen LogP contribution in [0.15, 0.2) is 6.07 Å². The monoisotopic (exact) mass is 251 g/mol. The van der Waals surface area contributed by atoms with Crippen molar-refractivity contribution >= 4 is 46.4 Å². The minimum atomic E-state index is -0.201.